The van der Waals surface area contributed by atoms with Gasteiger partial charge < -0.3 is 27.9 Å². The van der Waals surface area contributed by atoms with Crippen LogP contribution in [0, 0.1) is 0 Å². The summed E-state index contributed by atoms with van der Waals surface area (Å²) in [4.78, 5) is 37.3. The molecule has 0 aliphatic heterocycles. The molecule has 2 atom stereocenters. The van der Waals surface area contributed by atoms with Gasteiger partial charge in [0, 0.05) is 12.8 Å². The average Bonchev–Trinajstić information content (AvgIpc) is 3.32. The summed E-state index contributed by atoms with van der Waals surface area (Å²) in [5.74, 6) is -0.834. The van der Waals surface area contributed by atoms with Gasteiger partial charge >= 0.3 is 11.9 Å². The third-order valence-electron chi connectivity index (χ3n) is 13.5. The molecule has 0 aliphatic carbocycles. The first-order chi connectivity index (χ1) is 34.0. The van der Waals surface area contributed by atoms with E-state index in [9.17, 15) is 19.0 Å². The van der Waals surface area contributed by atoms with Gasteiger partial charge in [-0.2, -0.15) is 0 Å². The molecular weight excluding hydrogens is 894 g/mol. The van der Waals surface area contributed by atoms with Crippen molar-refractivity contribution in [3.05, 3.63) is 24.3 Å². The van der Waals surface area contributed by atoms with Crippen LogP contribution in [0.1, 0.15) is 296 Å². The second-order valence-electron chi connectivity index (χ2n) is 21.7. The molecular formula is C60H116NO8P. The maximum atomic E-state index is 12.7. The largest absolute Gasteiger partial charge is 0.756 e. The normalized spacial score (nSPS) is 13.4. The molecule has 414 valence electrons. The van der Waals surface area contributed by atoms with Crippen molar-refractivity contribution in [2.45, 2.75) is 302 Å². The number of quaternary nitrogens is 1. The minimum Gasteiger partial charge on any atom is -0.756 e. The molecule has 0 N–H and O–H groups in total. The lowest BCUT2D eigenvalue weighted by atomic mass is 10.0. The third-order valence-corrected chi connectivity index (χ3v) is 14.4. The topological polar surface area (TPSA) is 111 Å². The van der Waals surface area contributed by atoms with Crippen molar-refractivity contribution >= 4 is 19.8 Å². The predicted molar refractivity (Wildman–Crippen MR) is 296 cm³/mol. The Balaban J connectivity index is 3.66. The Hall–Kier alpha value is -1.51. The molecule has 0 bridgehead atoms. The van der Waals surface area contributed by atoms with Crippen LogP contribution in [0.4, 0.5) is 0 Å². The minimum absolute atomic E-state index is 0.0274. The third kappa shape index (κ3) is 55.8. The van der Waals surface area contributed by atoms with Crippen LogP contribution in [0.15, 0.2) is 24.3 Å². The number of ether oxygens (including phenoxy) is 2. The number of unbranched alkanes of at least 4 members (excludes halogenated alkanes) is 38. The van der Waals surface area contributed by atoms with E-state index in [4.69, 9.17) is 18.5 Å². The molecule has 70 heavy (non-hydrogen) atoms. The van der Waals surface area contributed by atoms with E-state index in [0.29, 0.717) is 17.4 Å². The summed E-state index contributed by atoms with van der Waals surface area (Å²) in [7, 11) is 1.18. The van der Waals surface area contributed by atoms with E-state index >= 15 is 0 Å². The molecule has 0 amide bonds. The summed E-state index contributed by atoms with van der Waals surface area (Å²) < 4.78 is 33.8. The summed E-state index contributed by atoms with van der Waals surface area (Å²) in [5.41, 5.74) is 0. The molecule has 0 saturated heterocycles. The Labute approximate surface area is 434 Å². The van der Waals surface area contributed by atoms with E-state index in [2.05, 4.69) is 38.2 Å². The van der Waals surface area contributed by atoms with Crippen molar-refractivity contribution in [2.24, 2.45) is 0 Å². The van der Waals surface area contributed by atoms with Gasteiger partial charge in [0.05, 0.1) is 27.7 Å². The molecule has 0 aromatic carbocycles. The van der Waals surface area contributed by atoms with Crippen molar-refractivity contribution < 1.29 is 42.1 Å². The van der Waals surface area contributed by atoms with Crippen LogP contribution in [0.3, 0.4) is 0 Å². The van der Waals surface area contributed by atoms with E-state index < -0.39 is 32.5 Å². The van der Waals surface area contributed by atoms with Gasteiger partial charge in [-0.25, -0.2) is 0 Å². The number of nitrogens with zero attached hydrogens (tertiary/aromatic N) is 1. The highest BCUT2D eigenvalue weighted by Gasteiger charge is 2.22. The quantitative estimate of drug-likeness (QED) is 0.0195. The second-order valence-corrected chi connectivity index (χ2v) is 23.1. The van der Waals surface area contributed by atoms with Gasteiger partial charge in [0.25, 0.3) is 7.82 Å². The van der Waals surface area contributed by atoms with E-state index in [1.54, 1.807) is 0 Å². The first-order valence-corrected chi connectivity index (χ1v) is 31.5. The number of allylic oxidation sites excluding steroid dienone is 4. The van der Waals surface area contributed by atoms with Crippen LogP contribution in [0.25, 0.3) is 0 Å². The van der Waals surface area contributed by atoms with Crippen LogP contribution in [0.2, 0.25) is 0 Å². The summed E-state index contributed by atoms with van der Waals surface area (Å²) in [5, 5.41) is 0. The monoisotopic (exact) mass is 1010 g/mol. The van der Waals surface area contributed by atoms with Crippen molar-refractivity contribution in [2.75, 3.05) is 47.5 Å². The van der Waals surface area contributed by atoms with Gasteiger partial charge in [-0.15, -0.1) is 0 Å². The van der Waals surface area contributed by atoms with Crippen LogP contribution in [-0.2, 0) is 32.7 Å². The Morgan fingerprint density at radius 2 is 0.771 bits per heavy atom. The highest BCUT2D eigenvalue weighted by molar-refractivity contribution is 7.45. The maximum Gasteiger partial charge on any atom is 0.306 e. The molecule has 9 nitrogen and oxygen atoms in total. The zero-order chi connectivity index (χ0) is 51.3. The number of esters is 2. The molecule has 0 rings (SSSR count). The number of carbonyl (C=O) groups is 2. The van der Waals surface area contributed by atoms with Gasteiger partial charge in [-0.3, -0.25) is 14.2 Å². The molecule has 10 heteroatoms. The SMILES string of the molecule is CCCCCCC/C=C\C/C=C\CCCCCCCCCCCCCCCCCCCCCCCCCCCCCCCC(=O)OC(COC(=O)CCCCCCC)COP(=O)([O-])OCC[N+](C)(C)C. The van der Waals surface area contributed by atoms with Crippen molar-refractivity contribution in [3.63, 3.8) is 0 Å². The van der Waals surface area contributed by atoms with Crippen LogP contribution in [-0.4, -0.2) is 70.0 Å². The zero-order valence-electron chi connectivity index (χ0n) is 47.0. The molecule has 0 aromatic rings. The smallest absolute Gasteiger partial charge is 0.306 e. The maximum absolute atomic E-state index is 12.7. The van der Waals surface area contributed by atoms with E-state index in [-0.39, 0.29) is 26.1 Å². The summed E-state index contributed by atoms with van der Waals surface area (Å²) in [6.45, 7) is 4.16. The number of hydrogen-bond acceptors (Lipinski definition) is 8. The molecule has 0 aliphatic rings. The number of phosphoric ester groups is 1. The Morgan fingerprint density at radius 3 is 1.13 bits per heavy atom. The fraction of sp³-hybridized carbons (Fsp3) is 0.900. The fourth-order valence-electron chi connectivity index (χ4n) is 8.81. The highest BCUT2D eigenvalue weighted by Crippen LogP contribution is 2.38. The van der Waals surface area contributed by atoms with Crippen LogP contribution >= 0.6 is 7.82 Å². The van der Waals surface area contributed by atoms with Gasteiger partial charge in [-0.05, 0) is 44.9 Å². The molecule has 0 fully saturated rings. The second kappa shape index (κ2) is 52.4. The summed E-state index contributed by atoms with van der Waals surface area (Å²) in [6, 6.07) is 0. The number of likely N-dealkylation sites (N-methyl/N-ethyl adjacent to an activating group) is 1. The van der Waals surface area contributed by atoms with Gasteiger partial charge in [0.15, 0.2) is 6.10 Å². The molecule has 0 aromatic heterocycles. The molecule has 0 heterocycles. The Morgan fingerprint density at radius 1 is 0.443 bits per heavy atom. The Kier molecular flexibility index (Phi) is 51.2. The van der Waals surface area contributed by atoms with Gasteiger partial charge in [0.1, 0.15) is 19.8 Å². The van der Waals surface area contributed by atoms with E-state index in [1.165, 1.54) is 212 Å². The van der Waals surface area contributed by atoms with Crippen LogP contribution < -0.4 is 4.89 Å². The lowest BCUT2D eigenvalue weighted by Crippen LogP contribution is -2.37. The van der Waals surface area contributed by atoms with E-state index in [1.807, 2.05) is 21.1 Å². The summed E-state index contributed by atoms with van der Waals surface area (Å²) >= 11 is 0. The number of phosphoric acid groups is 1. The van der Waals surface area contributed by atoms with Crippen molar-refractivity contribution in [1.29, 1.82) is 0 Å². The zero-order valence-corrected chi connectivity index (χ0v) is 47.9. The number of rotatable bonds is 56. The first kappa shape index (κ1) is 68.5. The minimum atomic E-state index is -4.61. The van der Waals surface area contributed by atoms with Gasteiger partial charge in [0.2, 0.25) is 0 Å². The van der Waals surface area contributed by atoms with Crippen molar-refractivity contribution in [3.8, 4) is 0 Å². The molecule has 2 unspecified atom stereocenters. The first-order valence-electron chi connectivity index (χ1n) is 30.0. The molecule has 0 spiro atoms. The van der Waals surface area contributed by atoms with Crippen molar-refractivity contribution in [1.82, 2.24) is 0 Å². The lowest BCUT2D eigenvalue weighted by molar-refractivity contribution is -0.870. The fourth-order valence-corrected chi connectivity index (χ4v) is 9.54. The number of hydrogen-bond donors (Lipinski definition) is 0. The van der Waals surface area contributed by atoms with Gasteiger partial charge in [-0.1, -0.05) is 263 Å². The Bertz CT molecular complexity index is 1240. The molecule has 0 saturated carbocycles. The standard InChI is InChI=1S/C60H116NO8P/c1-6-8-10-12-13-14-15-16-17-18-19-20-21-22-23-24-25-26-27-28-29-30-31-32-33-34-35-36-37-38-39-40-41-42-43-44-45-46-47-49-51-53-60(63)69-58(56-66-59(62)52-50-48-11-9-7-2)57-68-70(64,65)67-55-54-61(3,4)5/h15-16,18-19,58H,6-14,17,20-57H2,1-5H3/b16-15-,19-18-. The lowest BCUT2D eigenvalue weighted by Gasteiger charge is -2.28. The molecule has 0 radical (unpaired) electrons. The number of carbonyl (C=O) groups excluding carboxylic acids is 2. The highest BCUT2D eigenvalue weighted by atomic mass is 31.2. The average molecular weight is 1010 g/mol. The van der Waals surface area contributed by atoms with Crippen LogP contribution in [0.5, 0.6) is 0 Å². The predicted octanol–water partition coefficient (Wildman–Crippen LogP) is 18.0. The van der Waals surface area contributed by atoms with E-state index in [0.717, 1.165) is 51.4 Å². The summed E-state index contributed by atoms with van der Waals surface area (Å²) in [6.07, 6.45) is 63.4.